The molecule has 0 bridgehead atoms. The van der Waals surface area contributed by atoms with Gasteiger partial charge in [-0.25, -0.2) is 13.1 Å². The maximum absolute atomic E-state index is 12.5. The minimum atomic E-state index is -4.56. The Balaban J connectivity index is 3.02. The lowest BCUT2D eigenvalue weighted by molar-refractivity contribution is -0.871. The van der Waals surface area contributed by atoms with Crippen LogP contribution >= 0.6 is 0 Å². The number of halogens is 3. The zero-order chi connectivity index (χ0) is 18.8. The molecule has 0 aliphatic rings. The molecule has 24 heavy (non-hydrogen) atoms. The van der Waals surface area contributed by atoms with Crippen molar-refractivity contribution in [1.29, 1.82) is 0 Å². The quantitative estimate of drug-likeness (QED) is 0.714. The van der Waals surface area contributed by atoms with Crippen molar-refractivity contribution in [1.82, 2.24) is 4.72 Å². The van der Waals surface area contributed by atoms with Gasteiger partial charge in [0.2, 0.25) is 10.0 Å². The highest BCUT2D eigenvalue weighted by Gasteiger charge is 2.31. The summed E-state index contributed by atoms with van der Waals surface area (Å²) in [6.07, 6.45) is -5.00. The lowest BCUT2D eigenvalue weighted by atomic mass is 10.2. The third kappa shape index (κ3) is 6.46. The lowest BCUT2D eigenvalue weighted by Crippen LogP contribution is -2.49. The lowest BCUT2D eigenvalue weighted by Gasteiger charge is -2.29. The normalized spacial score (nSPS) is 14.4. The molecule has 2 N–H and O–H groups in total. The topological polar surface area (TPSA) is 83.5 Å². The third-order valence-electron chi connectivity index (χ3n) is 3.00. The number of likely N-dealkylation sites (N-methyl/N-ethyl adjacent to an activating group) is 1. The van der Waals surface area contributed by atoms with Crippen molar-refractivity contribution in [3.63, 3.8) is 0 Å². The smallest absolute Gasteiger partial charge is 0.416 e. The molecule has 136 valence electrons. The highest BCUT2D eigenvalue weighted by Crippen LogP contribution is 2.29. The Morgan fingerprint density at radius 1 is 1.21 bits per heavy atom. The first-order valence-corrected chi connectivity index (χ1v) is 8.41. The number of rotatable bonds is 7. The molecule has 0 saturated heterocycles. The van der Waals surface area contributed by atoms with E-state index in [0.717, 1.165) is 12.1 Å². The Morgan fingerprint density at radius 3 is 2.08 bits per heavy atom. The first-order valence-electron chi connectivity index (χ1n) is 6.92. The monoisotopic (exact) mass is 369 g/mol. The van der Waals surface area contributed by atoms with Crippen molar-refractivity contribution in [2.45, 2.75) is 23.5 Å². The predicted octanol–water partition coefficient (Wildman–Crippen LogP) is 1.53. The number of carbonyl (C=O) groups is 1. The Kier molecular flexibility index (Phi) is 6.01. The van der Waals surface area contributed by atoms with Crippen LogP contribution in [0.25, 0.3) is 0 Å². The molecule has 0 amide bonds. The number of hydrogen-bond acceptors (Lipinski definition) is 3. The molecule has 1 atom stereocenters. The van der Waals surface area contributed by atoms with Gasteiger partial charge in [0.1, 0.15) is 0 Å². The molecule has 1 aromatic rings. The van der Waals surface area contributed by atoms with Crippen LogP contribution < -0.4 is 4.72 Å². The molecule has 1 unspecified atom stereocenters. The number of nitrogens with zero attached hydrogens (tertiary/aromatic N) is 1. The number of aliphatic carboxylic acids is 1. The minimum absolute atomic E-state index is 0.201. The summed E-state index contributed by atoms with van der Waals surface area (Å²) in [6.45, 7) is 0.201. The summed E-state index contributed by atoms with van der Waals surface area (Å²) in [4.78, 5) is 10.6. The fourth-order valence-corrected chi connectivity index (χ4v) is 3.35. The largest absolute Gasteiger partial charge is 0.481 e. The molecule has 0 saturated carbocycles. The molecule has 10 heteroatoms. The Morgan fingerprint density at radius 2 is 1.71 bits per heavy atom. The van der Waals surface area contributed by atoms with Gasteiger partial charge in [-0.1, -0.05) is 0 Å². The molecule has 1 aromatic carbocycles. The Bertz CT molecular complexity index is 679. The van der Waals surface area contributed by atoms with E-state index in [1.165, 1.54) is 0 Å². The SMILES string of the molecule is C[N+](C)(C)CC(CC(=O)O)NS(=O)(=O)c1ccc(C(F)(F)F)cc1. The number of quaternary nitrogens is 1. The molecule has 0 fully saturated rings. The molecule has 0 aliphatic heterocycles. The van der Waals surface area contributed by atoms with Crippen LogP contribution in [-0.4, -0.2) is 57.7 Å². The van der Waals surface area contributed by atoms with Crippen LogP contribution in [0.1, 0.15) is 12.0 Å². The summed E-state index contributed by atoms with van der Waals surface area (Å²) < 4.78 is 64.7. The maximum Gasteiger partial charge on any atom is 0.416 e. The number of nitrogens with one attached hydrogen (secondary N) is 1. The number of alkyl halides is 3. The fraction of sp³-hybridized carbons (Fsp3) is 0.500. The molecule has 0 heterocycles. The molecule has 0 aromatic heterocycles. The Labute approximate surface area is 138 Å². The number of carboxylic acids is 1. The minimum Gasteiger partial charge on any atom is -0.481 e. The summed E-state index contributed by atoms with van der Waals surface area (Å²) in [5.74, 6) is -1.18. The summed E-state index contributed by atoms with van der Waals surface area (Å²) in [6, 6.07) is 2.13. The molecule has 1 rings (SSSR count). The highest BCUT2D eigenvalue weighted by molar-refractivity contribution is 7.89. The van der Waals surface area contributed by atoms with Gasteiger partial charge in [0.25, 0.3) is 0 Å². The number of carboxylic acid groups (broad SMARTS) is 1. The van der Waals surface area contributed by atoms with Crippen LogP contribution in [0, 0.1) is 0 Å². The van der Waals surface area contributed by atoms with Gasteiger partial charge in [0.15, 0.2) is 0 Å². The van der Waals surface area contributed by atoms with E-state index in [1.54, 1.807) is 21.1 Å². The fourth-order valence-electron chi connectivity index (χ4n) is 2.13. The first kappa shape index (κ1) is 20.4. The van der Waals surface area contributed by atoms with Crippen LogP contribution in [0.2, 0.25) is 0 Å². The van der Waals surface area contributed by atoms with Crippen LogP contribution in [-0.2, 0) is 21.0 Å². The zero-order valence-corrected chi connectivity index (χ0v) is 14.3. The summed E-state index contributed by atoms with van der Waals surface area (Å²) in [5, 5.41) is 8.91. The molecule has 0 spiro atoms. The van der Waals surface area contributed by atoms with Gasteiger partial charge in [-0.05, 0) is 24.3 Å². The number of hydrogen-bond donors (Lipinski definition) is 2. The van der Waals surface area contributed by atoms with Gasteiger partial charge in [-0.15, -0.1) is 0 Å². The molecule has 0 aliphatic carbocycles. The molecule has 6 nitrogen and oxygen atoms in total. The van der Waals surface area contributed by atoms with Crippen LogP contribution in [0.4, 0.5) is 13.2 Å². The molecule has 0 radical (unpaired) electrons. The Hall–Kier alpha value is -1.65. The average molecular weight is 369 g/mol. The van der Waals surface area contributed by atoms with Crippen molar-refractivity contribution in [2.75, 3.05) is 27.7 Å². The average Bonchev–Trinajstić information content (AvgIpc) is 2.34. The van der Waals surface area contributed by atoms with E-state index >= 15 is 0 Å². The van der Waals surface area contributed by atoms with Crippen molar-refractivity contribution >= 4 is 16.0 Å². The summed E-state index contributed by atoms with van der Waals surface area (Å²) in [5.41, 5.74) is -0.963. The van der Waals surface area contributed by atoms with E-state index < -0.39 is 40.2 Å². The van der Waals surface area contributed by atoms with Gasteiger partial charge in [0.05, 0.1) is 50.6 Å². The van der Waals surface area contributed by atoms with E-state index in [0.29, 0.717) is 16.6 Å². The summed E-state index contributed by atoms with van der Waals surface area (Å²) >= 11 is 0. The molecular weight excluding hydrogens is 349 g/mol. The standard InChI is InChI=1S/C14H19F3N2O4S/c1-19(2,3)9-11(8-13(20)21)18-24(22,23)12-6-4-10(5-7-12)14(15,16)17/h4-7,11,18H,8-9H2,1-3H3/p+1. The second-order valence-corrected chi connectivity index (χ2v) is 8.13. The second kappa shape index (κ2) is 7.08. The van der Waals surface area contributed by atoms with Crippen molar-refractivity contribution < 1.29 is 36.0 Å². The third-order valence-corrected chi connectivity index (χ3v) is 4.54. The van der Waals surface area contributed by atoms with E-state index in [-0.39, 0.29) is 11.4 Å². The van der Waals surface area contributed by atoms with E-state index in [2.05, 4.69) is 4.72 Å². The predicted molar refractivity (Wildman–Crippen MR) is 80.7 cm³/mol. The van der Waals surface area contributed by atoms with E-state index in [9.17, 15) is 26.4 Å². The van der Waals surface area contributed by atoms with Crippen LogP contribution in [0.5, 0.6) is 0 Å². The van der Waals surface area contributed by atoms with Crippen molar-refractivity contribution in [3.8, 4) is 0 Å². The molecular formula is C14H20F3N2O4S+. The second-order valence-electron chi connectivity index (χ2n) is 6.41. The van der Waals surface area contributed by atoms with Crippen LogP contribution in [0.3, 0.4) is 0 Å². The van der Waals surface area contributed by atoms with Gasteiger partial charge in [-0.2, -0.15) is 13.2 Å². The van der Waals surface area contributed by atoms with E-state index in [1.807, 2.05) is 0 Å². The number of benzene rings is 1. The van der Waals surface area contributed by atoms with Crippen molar-refractivity contribution in [2.24, 2.45) is 0 Å². The van der Waals surface area contributed by atoms with E-state index in [4.69, 9.17) is 5.11 Å². The highest BCUT2D eigenvalue weighted by atomic mass is 32.2. The van der Waals surface area contributed by atoms with Gasteiger partial charge in [-0.3, -0.25) is 4.79 Å². The zero-order valence-electron chi connectivity index (χ0n) is 13.5. The van der Waals surface area contributed by atoms with Crippen LogP contribution in [0.15, 0.2) is 29.2 Å². The maximum atomic E-state index is 12.5. The van der Waals surface area contributed by atoms with Gasteiger partial charge < -0.3 is 9.59 Å². The summed E-state index contributed by atoms with van der Waals surface area (Å²) in [7, 11) is 1.17. The van der Waals surface area contributed by atoms with Gasteiger partial charge in [0, 0.05) is 0 Å². The first-order chi connectivity index (χ1) is 10.7. The number of sulfonamides is 1. The van der Waals surface area contributed by atoms with Crippen molar-refractivity contribution in [3.05, 3.63) is 29.8 Å². The van der Waals surface area contributed by atoms with Gasteiger partial charge >= 0.3 is 12.1 Å².